The van der Waals surface area contributed by atoms with Gasteiger partial charge < -0.3 is 20.3 Å². The van der Waals surface area contributed by atoms with Crippen molar-refractivity contribution in [1.29, 1.82) is 0 Å². The summed E-state index contributed by atoms with van der Waals surface area (Å²) < 4.78 is 5.50. The molecule has 0 heterocycles. The van der Waals surface area contributed by atoms with Gasteiger partial charge >= 0.3 is 0 Å². The number of aliphatic hydroxyl groups is 2. The number of nitrogens with one attached hydrogen (secondary N) is 1. The zero-order chi connectivity index (χ0) is 16.0. The van der Waals surface area contributed by atoms with Gasteiger partial charge in [-0.05, 0) is 18.3 Å². The van der Waals surface area contributed by atoms with E-state index in [1.807, 2.05) is 0 Å². The first-order chi connectivity index (χ1) is 10.0. The third-order valence-electron chi connectivity index (χ3n) is 3.72. The minimum Gasteiger partial charge on any atom is -0.396 e. The third-order valence-corrected chi connectivity index (χ3v) is 3.72. The zero-order valence-corrected chi connectivity index (χ0v) is 14.4. The Balaban J connectivity index is 3.36. The first kappa shape index (κ1) is 20.8. The topological polar surface area (TPSA) is 61.7 Å². The van der Waals surface area contributed by atoms with E-state index < -0.39 is 6.10 Å². The highest BCUT2D eigenvalue weighted by Gasteiger charge is 2.17. The molecule has 0 aromatic rings. The molecule has 1 unspecified atom stereocenters. The van der Waals surface area contributed by atoms with Gasteiger partial charge in [-0.25, -0.2) is 0 Å². The van der Waals surface area contributed by atoms with Crippen LogP contribution in [-0.4, -0.2) is 49.2 Å². The van der Waals surface area contributed by atoms with Crippen LogP contribution in [0.25, 0.3) is 0 Å². The lowest BCUT2D eigenvalue weighted by Gasteiger charge is -2.24. The fourth-order valence-corrected chi connectivity index (χ4v) is 2.23. The molecule has 21 heavy (non-hydrogen) atoms. The quantitative estimate of drug-likeness (QED) is 0.407. The number of hydrogen-bond acceptors (Lipinski definition) is 4. The number of ether oxygens (including phenoxy) is 1. The first-order valence-corrected chi connectivity index (χ1v) is 8.59. The Morgan fingerprint density at radius 1 is 1.10 bits per heavy atom. The van der Waals surface area contributed by atoms with Gasteiger partial charge in [-0.2, -0.15) is 0 Å². The second kappa shape index (κ2) is 13.5. The van der Waals surface area contributed by atoms with Crippen LogP contribution in [0.5, 0.6) is 0 Å². The second-order valence-corrected chi connectivity index (χ2v) is 6.77. The summed E-state index contributed by atoms with van der Waals surface area (Å²) in [6, 6.07) is 0. The Labute approximate surface area is 131 Å². The summed E-state index contributed by atoms with van der Waals surface area (Å²) in [4.78, 5) is 0. The van der Waals surface area contributed by atoms with E-state index in [0.717, 1.165) is 26.0 Å². The molecular formula is C17H37NO3. The Bertz CT molecular complexity index is 222. The molecule has 0 aromatic heterocycles. The van der Waals surface area contributed by atoms with E-state index in [-0.39, 0.29) is 12.0 Å². The van der Waals surface area contributed by atoms with Crippen LogP contribution in [0.2, 0.25) is 0 Å². The van der Waals surface area contributed by atoms with Gasteiger partial charge in [-0.1, -0.05) is 52.9 Å². The molecular weight excluding hydrogens is 266 g/mol. The maximum atomic E-state index is 9.81. The largest absolute Gasteiger partial charge is 0.396 e. The number of rotatable bonds is 15. The molecule has 0 fully saturated rings. The molecule has 0 aromatic carbocycles. The van der Waals surface area contributed by atoms with E-state index in [4.69, 9.17) is 9.84 Å². The maximum absolute atomic E-state index is 9.81. The van der Waals surface area contributed by atoms with Crippen LogP contribution >= 0.6 is 0 Å². The van der Waals surface area contributed by atoms with Crippen molar-refractivity contribution in [2.75, 3.05) is 32.9 Å². The highest BCUT2D eigenvalue weighted by atomic mass is 16.5. The lowest BCUT2D eigenvalue weighted by atomic mass is 9.90. The molecule has 0 aliphatic heterocycles. The van der Waals surface area contributed by atoms with E-state index in [1.165, 1.54) is 32.1 Å². The molecule has 0 spiro atoms. The van der Waals surface area contributed by atoms with Gasteiger partial charge in [0, 0.05) is 26.3 Å². The van der Waals surface area contributed by atoms with Crippen molar-refractivity contribution in [2.45, 2.75) is 71.8 Å². The molecule has 128 valence electrons. The number of unbranched alkanes of at least 4 members (excludes halogenated alkanes) is 5. The van der Waals surface area contributed by atoms with Gasteiger partial charge in [0.1, 0.15) is 0 Å². The van der Waals surface area contributed by atoms with E-state index in [0.29, 0.717) is 13.2 Å². The Kier molecular flexibility index (Phi) is 13.4. The minimum absolute atomic E-state index is 0.0633. The summed E-state index contributed by atoms with van der Waals surface area (Å²) in [6.45, 7) is 9.15. The zero-order valence-electron chi connectivity index (χ0n) is 14.4. The highest BCUT2D eigenvalue weighted by molar-refractivity contribution is 4.72. The van der Waals surface area contributed by atoms with Crippen molar-refractivity contribution >= 4 is 0 Å². The number of hydrogen-bond donors (Lipinski definition) is 3. The fraction of sp³-hybridized carbons (Fsp3) is 1.00. The third kappa shape index (κ3) is 14.5. The molecule has 1 atom stereocenters. The van der Waals surface area contributed by atoms with Crippen LogP contribution in [0.1, 0.15) is 65.7 Å². The summed E-state index contributed by atoms with van der Waals surface area (Å²) in [5.41, 5.74) is 0.0633. The molecule has 4 nitrogen and oxygen atoms in total. The molecule has 0 aliphatic carbocycles. The van der Waals surface area contributed by atoms with E-state index in [2.05, 4.69) is 26.1 Å². The van der Waals surface area contributed by atoms with Crippen molar-refractivity contribution in [3.8, 4) is 0 Å². The van der Waals surface area contributed by atoms with Crippen molar-refractivity contribution in [2.24, 2.45) is 5.41 Å². The van der Waals surface area contributed by atoms with Crippen LogP contribution < -0.4 is 5.32 Å². The standard InChI is InChI=1S/C17H37NO3/c1-4-5-6-7-8-9-12-21-14-16(20)13-18-15-17(2,3)10-11-19/h16,18-20H,4-15H2,1-3H3. The summed E-state index contributed by atoms with van der Waals surface area (Å²) >= 11 is 0. The molecule has 0 radical (unpaired) electrons. The second-order valence-electron chi connectivity index (χ2n) is 6.77. The lowest BCUT2D eigenvalue weighted by Crippen LogP contribution is -2.37. The molecule has 0 rings (SSSR count). The van der Waals surface area contributed by atoms with Gasteiger partial charge in [0.15, 0.2) is 0 Å². The molecule has 0 bridgehead atoms. The molecule has 0 aliphatic rings. The highest BCUT2D eigenvalue weighted by Crippen LogP contribution is 2.17. The summed E-state index contributed by atoms with van der Waals surface area (Å²) in [5, 5.41) is 22.0. The predicted molar refractivity (Wildman–Crippen MR) is 88.6 cm³/mol. The van der Waals surface area contributed by atoms with E-state index in [9.17, 15) is 5.11 Å². The average Bonchev–Trinajstić information content (AvgIpc) is 2.41. The van der Waals surface area contributed by atoms with Gasteiger partial charge in [-0.3, -0.25) is 0 Å². The Morgan fingerprint density at radius 2 is 1.76 bits per heavy atom. The Hall–Kier alpha value is -0.160. The summed E-state index contributed by atoms with van der Waals surface area (Å²) in [7, 11) is 0. The molecule has 3 N–H and O–H groups in total. The van der Waals surface area contributed by atoms with E-state index in [1.54, 1.807) is 0 Å². The molecule has 4 heteroatoms. The van der Waals surface area contributed by atoms with Crippen molar-refractivity contribution < 1.29 is 14.9 Å². The van der Waals surface area contributed by atoms with Crippen LogP contribution in [0.4, 0.5) is 0 Å². The Morgan fingerprint density at radius 3 is 2.43 bits per heavy atom. The predicted octanol–water partition coefficient (Wildman–Crippen LogP) is 2.72. The maximum Gasteiger partial charge on any atom is 0.0897 e. The average molecular weight is 303 g/mol. The van der Waals surface area contributed by atoms with Gasteiger partial charge in [-0.15, -0.1) is 0 Å². The van der Waals surface area contributed by atoms with Gasteiger partial charge in [0.05, 0.1) is 12.7 Å². The molecule has 0 saturated carbocycles. The van der Waals surface area contributed by atoms with Crippen LogP contribution in [0.3, 0.4) is 0 Å². The normalized spacial score (nSPS) is 13.6. The first-order valence-electron chi connectivity index (χ1n) is 8.59. The monoisotopic (exact) mass is 303 g/mol. The van der Waals surface area contributed by atoms with Crippen LogP contribution in [0, 0.1) is 5.41 Å². The number of aliphatic hydroxyl groups excluding tert-OH is 2. The summed E-state index contributed by atoms with van der Waals surface area (Å²) in [6.07, 6.45) is 7.87. The minimum atomic E-state index is -0.449. The fourth-order valence-electron chi connectivity index (χ4n) is 2.23. The smallest absolute Gasteiger partial charge is 0.0897 e. The molecule has 0 amide bonds. The van der Waals surface area contributed by atoms with Crippen molar-refractivity contribution in [3.63, 3.8) is 0 Å². The van der Waals surface area contributed by atoms with Gasteiger partial charge in [0.2, 0.25) is 0 Å². The summed E-state index contributed by atoms with van der Waals surface area (Å²) in [5.74, 6) is 0. The van der Waals surface area contributed by atoms with Crippen molar-refractivity contribution in [3.05, 3.63) is 0 Å². The SMILES string of the molecule is CCCCCCCCOCC(O)CNCC(C)(C)CCO. The van der Waals surface area contributed by atoms with Gasteiger partial charge in [0.25, 0.3) is 0 Å². The van der Waals surface area contributed by atoms with Crippen LogP contribution in [0.15, 0.2) is 0 Å². The van der Waals surface area contributed by atoms with E-state index >= 15 is 0 Å². The molecule has 0 saturated heterocycles. The van der Waals surface area contributed by atoms with Crippen LogP contribution in [-0.2, 0) is 4.74 Å². The lowest BCUT2D eigenvalue weighted by molar-refractivity contribution is 0.0341. The van der Waals surface area contributed by atoms with Crippen molar-refractivity contribution in [1.82, 2.24) is 5.32 Å².